The van der Waals surface area contributed by atoms with Gasteiger partial charge in [-0.3, -0.25) is 0 Å². The van der Waals surface area contributed by atoms with Crippen molar-refractivity contribution in [3.8, 4) is 22.5 Å². The van der Waals surface area contributed by atoms with E-state index in [-0.39, 0.29) is 0 Å². The van der Waals surface area contributed by atoms with E-state index in [1.807, 2.05) is 12.1 Å². The van der Waals surface area contributed by atoms with Crippen molar-refractivity contribution in [2.24, 2.45) is 0 Å². The van der Waals surface area contributed by atoms with E-state index in [2.05, 4.69) is 167 Å². The molecule has 3 heteroatoms. The normalized spacial score (nSPS) is 12.1. The molecule has 0 radical (unpaired) electrons. The van der Waals surface area contributed by atoms with Crippen LogP contribution in [0.15, 0.2) is 174 Å². The van der Waals surface area contributed by atoms with Gasteiger partial charge in [0.1, 0.15) is 11.2 Å². The van der Waals surface area contributed by atoms with Gasteiger partial charge < -0.3 is 13.6 Å². The first-order valence-corrected chi connectivity index (χ1v) is 16.8. The van der Waals surface area contributed by atoms with Gasteiger partial charge in [0.05, 0.1) is 22.1 Å². The predicted molar refractivity (Wildman–Crippen MR) is 205 cm³/mol. The Morgan fingerprint density at radius 2 is 0.939 bits per heavy atom. The lowest BCUT2D eigenvalue weighted by molar-refractivity contribution is 0.669. The molecule has 0 aliphatic carbocycles. The minimum absolute atomic E-state index is 0.907. The number of furan rings is 1. The molecule has 0 atom stereocenters. The van der Waals surface area contributed by atoms with Crippen LogP contribution in [-0.2, 0) is 0 Å². The lowest BCUT2D eigenvalue weighted by atomic mass is 9.99. The first-order chi connectivity index (χ1) is 24.3. The fraction of sp³-hybridized carbons (Fsp3) is 0. The molecule has 0 saturated carbocycles. The van der Waals surface area contributed by atoms with E-state index in [0.29, 0.717) is 0 Å². The maximum Gasteiger partial charge on any atom is 0.136 e. The van der Waals surface area contributed by atoms with Gasteiger partial charge in [-0.25, -0.2) is 0 Å². The number of fused-ring (bicyclic) bond motifs is 10. The molecule has 0 N–H and O–H groups in total. The third kappa shape index (κ3) is 3.78. The highest BCUT2D eigenvalue weighted by atomic mass is 16.3. The highest BCUT2D eigenvalue weighted by Crippen LogP contribution is 2.42. The van der Waals surface area contributed by atoms with Crippen molar-refractivity contribution >= 4 is 76.3 Å². The van der Waals surface area contributed by atoms with Crippen molar-refractivity contribution in [2.75, 3.05) is 0 Å². The van der Waals surface area contributed by atoms with E-state index < -0.39 is 0 Å². The fourth-order valence-corrected chi connectivity index (χ4v) is 8.12. The Balaban J connectivity index is 1.25. The number of para-hydroxylation sites is 3. The van der Waals surface area contributed by atoms with E-state index >= 15 is 0 Å². The third-order valence-corrected chi connectivity index (χ3v) is 10.3. The molecular weight excluding hydrogens is 597 g/mol. The summed E-state index contributed by atoms with van der Waals surface area (Å²) in [6.45, 7) is 0. The van der Waals surface area contributed by atoms with Crippen molar-refractivity contribution in [2.45, 2.75) is 0 Å². The van der Waals surface area contributed by atoms with Crippen LogP contribution in [0.3, 0.4) is 0 Å². The lowest BCUT2D eigenvalue weighted by Gasteiger charge is -2.12. The molecule has 0 bridgehead atoms. The summed E-state index contributed by atoms with van der Waals surface area (Å²) in [5.41, 5.74) is 11.2. The SMILES string of the molecule is c1ccc(-n2c3ccccc3c3cc4c(cc32)c2cc3ccccc3cc2n4-c2cccc(-c3cccc4oc5ccccc5c34)c2)cc1. The molecule has 0 spiro atoms. The van der Waals surface area contributed by atoms with Crippen molar-refractivity contribution in [3.05, 3.63) is 170 Å². The molecule has 0 aliphatic heterocycles. The third-order valence-electron chi connectivity index (χ3n) is 10.3. The Hall–Kier alpha value is -6.58. The van der Waals surface area contributed by atoms with Crippen LogP contribution >= 0.6 is 0 Å². The maximum atomic E-state index is 6.28. The molecule has 0 saturated heterocycles. The minimum atomic E-state index is 0.907. The summed E-state index contributed by atoms with van der Waals surface area (Å²) >= 11 is 0. The van der Waals surface area contributed by atoms with Gasteiger partial charge in [-0.15, -0.1) is 0 Å². The zero-order valence-electron chi connectivity index (χ0n) is 26.5. The van der Waals surface area contributed by atoms with Gasteiger partial charge in [0.25, 0.3) is 0 Å². The fourth-order valence-electron chi connectivity index (χ4n) is 8.12. The second-order valence-electron chi connectivity index (χ2n) is 13.0. The molecular formula is C46H28N2O. The number of rotatable bonds is 3. The van der Waals surface area contributed by atoms with Crippen LogP contribution in [0.4, 0.5) is 0 Å². The van der Waals surface area contributed by atoms with Crippen LogP contribution in [0, 0.1) is 0 Å². The van der Waals surface area contributed by atoms with E-state index in [9.17, 15) is 0 Å². The first-order valence-electron chi connectivity index (χ1n) is 16.8. The van der Waals surface area contributed by atoms with E-state index in [1.165, 1.54) is 59.9 Å². The van der Waals surface area contributed by atoms with Gasteiger partial charge in [-0.05, 0) is 88.6 Å². The predicted octanol–water partition coefficient (Wildman–Crippen LogP) is 12.6. The summed E-state index contributed by atoms with van der Waals surface area (Å²) in [5.74, 6) is 0. The van der Waals surface area contributed by atoms with Gasteiger partial charge in [0, 0.05) is 43.7 Å². The average Bonchev–Trinajstić information content (AvgIpc) is 3.80. The van der Waals surface area contributed by atoms with Crippen LogP contribution < -0.4 is 0 Å². The van der Waals surface area contributed by atoms with Gasteiger partial charge in [-0.1, -0.05) is 103 Å². The van der Waals surface area contributed by atoms with Crippen LogP contribution in [0.1, 0.15) is 0 Å². The average molecular weight is 625 g/mol. The largest absolute Gasteiger partial charge is 0.456 e. The lowest BCUT2D eigenvalue weighted by Crippen LogP contribution is -1.95. The minimum Gasteiger partial charge on any atom is -0.456 e. The molecule has 0 aliphatic rings. The summed E-state index contributed by atoms with van der Waals surface area (Å²) in [4.78, 5) is 0. The summed E-state index contributed by atoms with van der Waals surface area (Å²) in [7, 11) is 0. The molecule has 0 fully saturated rings. The summed E-state index contributed by atoms with van der Waals surface area (Å²) < 4.78 is 11.1. The Morgan fingerprint density at radius 1 is 0.347 bits per heavy atom. The van der Waals surface area contributed by atoms with Crippen molar-refractivity contribution in [1.82, 2.24) is 9.13 Å². The molecule has 49 heavy (non-hydrogen) atoms. The van der Waals surface area contributed by atoms with Crippen LogP contribution in [0.25, 0.3) is 98.8 Å². The Bertz CT molecular complexity index is 3100. The Morgan fingerprint density at radius 3 is 1.80 bits per heavy atom. The quantitative estimate of drug-likeness (QED) is 0.192. The molecule has 11 rings (SSSR count). The molecule has 0 unspecified atom stereocenters. The van der Waals surface area contributed by atoms with Crippen LogP contribution in [-0.4, -0.2) is 9.13 Å². The van der Waals surface area contributed by atoms with E-state index in [4.69, 9.17) is 4.42 Å². The van der Waals surface area contributed by atoms with Crippen molar-refractivity contribution in [3.63, 3.8) is 0 Å². The standard InChI is InChI=1S/C46H28N2O/c1-2-15-32(16-3-1)47-40-21-8-6-18-35(40)38-27-43-39(28-42(38)47)37-25-29-12-4-5-13-30(29)26-41(37)48(43)33-17-10-14-31(24-33)34-20-11-23-45-46(34)36-19-7-9-22-44(36)49-45/h1-28H. The van der Waals surface area contributed by atoms with Gasteiger partial charge in [0.15, 0.2) is 0 Å². The Kier molecular flexibility index (Phi) is 5.38. The smallest absolute Gasteiger partial charge is 0.136 e. The number of benzene rings is 8. The summed E-state index contributed by atoms with van der Waals surface area (Å²) in [6, 6.07) is 61.4. The van der Waals surface area contributed by atoms with Gasteiger partial charge in [0.2, 0.25) is 0 Å². The highest BCUT2D eigenvalue weighted by Gasteiger charge is 2.20. The number of nitrogens with zero attached hydrogens (tertiary/aromatic N) is 2. The Labute approximate surface area is 281 Å². The summed E-state index contributed by atoms with van der Waals surface area (Å²) in [5, 5.41) is 9.73. The van der Waals surface area contributed by atoms with Crippen LogP contribution in [0.2, 0.25) is 0 Å². The van der Waals surface area contributed by atoms with E-state index in [0.717, 1.165) is 38.9 Å². The monoisotopic (exact) mass is 624 g/mol. The van der Waals surface area contributed by atoms with Gasteiger partial charge >= 0.3 is 0 Å². The second kappa shape index (κ2) is 9.96. The zero-order valence-corrected chi connectivity index (χ0v) is 26.5. The molecule has 3 aromatic heterocycles. The molecule has 3 heterocycles. The number of aromatic nitrogens is 2. The molecule has 8 aromatic carbocycles. The second-order valence-corrected chi connectivity index (χ2v) is 13.0. The first kappa shape index (κ1) is 26.5. The highest BCUT2D eigenvalue weighted by molar-refractivity contribution is 6.21. The molecule has 228 valence electrons. The molecule has 0 amide bonds. The van der Waals surface area contributed by atoms with Crippen molar-refractivity contribution in [1.29, 1.82) is 0 Å². The van der Waals surface area contributed by atoms with E-state index in [1.54, 1.807) is 0 Å². The molecule has 11 aromatic rings. The van der Waals surface area contributed by atoms with Crippen molar-refractivity contribution < 1.29 is 4.42 Å². The molecule has 3 nitrogen and oxygen atoms in total. The number of hydrogen-bond donors (Lipinski definition) is 0. The topological polar surface area (TPSA) is 23.0 Å². The maximum absolute atomic E-state index is 6.28. The summed E-state index contributed by atoms with van der Waals surface area (Å²) in [6.07, 6.45) is 0. The van der Waals surface area contributed by atoms with Gasteiger partial charge in [-0.2, -0.15) is 0 Å². The zero-order chi connectivity index (χ0) is 32.1. The number of hydrogen-bond acceptors (Lipinski definition) is 1. The van der Waals surface area contributed by atoms with Crippen LogP contribution in [0.5, 0.6) is 0 Å².